The van der Waals surface area contributed by atoms with Crippen LogP contribution in [-0.2, 0) is 22.7 Å². The second-order valence-corrected chi connectivity index (χ2v) is 6.31. The first kappa shape index (κ1) is 16.5. The van der Waals surface area contributed by atoms with E-state index in [1.807, 2.05) is 24.3 Å². The average Bonchev–Trinajstić information content (AvgIpc) is 3.41. The zero-order valence-corrected chi connectivity index (χ0v) is 13.8. The number of hydrogen-bond acceptors (Lipinski definition) is 3. The van der Waals surface area contributed by atoms with E-state index in [9.17, 15) is 9.59 Å². The van der Waals surface area contributed by atoms with E-state index in [1.165, 1.54) is 0 Å². The fraction of sp³-hybridized carbons (Fsp3) is 0.278. The quantitative estimate of drug-likeness (QED) is 0.845. The molecule has 0 bridgehead atoms. The van der Waals surface area contributed by atoms with Crippen LogP contribution in [0.3, 0.4) is 0 Å². The molecule has 2 amide bonds. The minimum absolute atomic E-state index is 0.0773. The van der Waals surface area contributed by atoms with Crippen molar-refractivity contribution in [1.29, 1.82) is 0 Å². The molecule has 0 spiro atoms. The molecule has 1 saturated carbocycles. The van der Waals surface area contributed by atoms with Gasteiger partial charge in [0.1, 0.15) is 0 Å². The molecule has 3 rings (SSSR count). The van der Waals surface area contributed by atoms with Gasteiger partial charge in [-0.2, -0.15) is 0 Å². The zero-order chi connectivity index (χ0) is 16.9. The first-order valence-electron chi connectivity index (χ1n) is 7.82. The molecule has 0 saturated heterocycles. The molecule has 2 atom stereocenters. The predicted octanol–water partition coefficient (Wildman–Crippen LogP) is 2.30. The SMILES string of the molecule is O=C(NCc1ccc(Cl)cc1)C1CC1C(=O)NCc1cccnc1. The van der Waals surface area contributed by atoms with E-state index in [4.69, 9.17) is 11.6 Å². The second-order valence-electron chi connectivity index (χ2n) is 5.87. The lowest BCUT2D eigenvalue weighted by atomic mass is 10.2. The Morgan fingerprint density at radius 3 is 2.21 bits per heavy atom. The molecule has 0 radical (unpaired) electrons. The minimum Gasteiger partial charge on any atom is -0.352 e. The molecule has 5 nitrogen and oxygen atoms in total. The number of rotatable bonds is 6. The van der Waals surface area contributed by atoms with Crippen molar-refractivity contribution in [2.75, 3.05) is 0 Å². The van der Waals surface area contributed by atoms with Crippen LogP contribution in [-0.4, -0.2) is 16.8 Å². The number of halogens is 1. The second kappa shape index (κ2) is 7.45. The van der Waals surface area contributed by atoms with Gasteiger partial charge >= 0.3 is 0 Å². The number of pyridine rings is 1. The summed E-state index contributed by atoms with van der Waals surface area (Å²) in [6.45, 7) is 0.874. The first-order chi connectivity index (χ1) is 11.6. The molecule has 1 aromatic heterocycles. The van der Waals surface area contributed by atoms with Crippen molar-refractivity contribution in [1.82, 2.24) is 15.6 Å². The molecule has 1 aromatic carbocycles. The lowest BCUT2D eigenvalue weighted by Gasteiger charge is -2.06. The fourth-order valence-electron chi connectivity index (χ4n) is 2.52. The highest BCUT2D eigenvalue weighted by Crippen LogP contribution is 2.38. The third kappa shape index (κ3) is 4.32. The zero-order valence-electron chi connectivity index (χ0n) is 13.0. The highest BCUT2D eigenvalue weighted by molar-refractivity contribution is 6.30. The van der Waals surface area contributed by atoms with Gasteiger partial charge in [0.2, 0.25) is 11.8 Å². The highest BCUT2D eigenvalue weighted by Gasteiger charge is 2.47. The standard InChI is InChI=1S/C18H18ClN3O2/c19-14-5-3-12(4-6-14)10-21-17(23)15-8-16(15)18(24)22-11-13-2-1-7-20-9-13/h1-7,9,15-16H,8,10-11H2,(H,21,23)(H,22,24). The molecule has 6 heteroatoms. The van der Waals surface area contributed by atoms with Crippen LogP contribution in [0.4, 0.5) is 0 Å². The Morgan fingerprint density at radius 1 is 1.00 bits per heavy atom. The molecule has 2 aromatic rings. The third-order valence-corrected chi connectivity index (χ3v) is 4.29. The van der Waals surface area contributed by atoms with Crippen molar-refractivity contribution in [2.45, 2.75) is 19.5 Å². The molecule has 1 heterocycles. The molecular weight excluding hydrogens is 326 g/mol. The van der Waals surface area contributed by atoms with Crippen LogP contribution in [0.5, 0.6) is 0 Å². The van der Waals surface area contributed by atoms with Gasteiger partial charge in [0.15, 0.2) is 0 Å². The van der Waals surface area contributed by atoms with Gasteiger partial charge in [-0.05, 0) is 35.7 Å². The Hall–Kier alpha value is -2.40. The van der Waals surface area contributed by atoms with E-state index in [1.54, 1.807) is 24.5 Å². The van der Waals surface area contributed by atoms with E-state index in [-0.39, 0.29) is 23.7 Å². The third-order valence-electron chi connectivity index (χ3n) is 4.03. The summed E-state index contributed by atoms with van der Waals surface area (Å²) in [5.41, 5.74) is 1.92. The summed E-state index contributed by atoms with van der Waals surface area (Å²) in [6.07, 6.45) is 4.00. The molecule has 1 aliphatic carbocycles. The number of hydrogen-bond donors (Lipinski definition) is 2. The fourth-order valence-corrected chi connectivity index (χ4v) is 2.65. The van der Waals surface area contributed by atoms with Crippen LogP contribution in [0.2, 0.25) is 5.02 Å². The summed E-state index contributed by atoms with van der Waals surface area (Å²) in [7, 11) is 0. The Kier molecular flexibility index (Phi) is 5.11. The summed E-state index contributed by atoms with van der Waals surface area (Å²) >= 11 is 5.83. The molecule has 1 aliphatic rings. The largest absolute Gasteiger partial charge is 0.352 e. The molecule has 24 heavy (non-hydrogen) atoms. The van der Waals surface area contributed by atoms with Crippen molar-refractivity contribution in [3.8, 4) is 0 Å². The van der Waals surface area contributed by atoms with E-state index in [2.05, 4.69) is 15.6 Å². The minimum atomic E-state index is -0.230. The maximum Gasteiger partial charge on any atom is 0.224 e. The van der Waals surface area contributed by atoms with Gasteiger partial charge in [0.25, 0.3) is 0 Å². The van der Waals surface area contributed by atoms with Gasteiger partial charge in [-0.25, -0.2) is 0 Å². The number of nitrogens with zero attached hydrogens (tertiary/aromatic N) is 1. The smallest absolute Gasteiger partial charge is 0.224 e. The van der Waals surface area contributed by atoms with Crippen LogP contribution in [0.25, 0.3) is 0 Å². The van der Waals surface area contributed by atoms with Crippen molar-refractivity contribution < 1.29 is 9.59 Å². The normalized spacial score (nSPS) is 18.7. The number of aromatic nitrogens is 1. The van der Waals surface area contributed by atoms with Gasteiger partial charge in [-0.1, -0.05) is 29.8 Å². The maximum atomic E-state index is 12.1. The van der Waals surface area contributed by atoms with Crippen LogP contribution in [0.1, 0.15) is 17.5 Å². The Labute approximate surface area is 145 Å². The lowest BCUT2D eigenvalue weighted by Crippen LogP contribution is -2.29. The predicted molar refractivity (Wildman–Crippen MR) is 91.0 cm³/mol. The van der Waals surface area contributed by atoms with Crippen LogP contribution in [0.15, 0.2) is 48.8 Å². The van der Waals surface area contributed by atoms with Crippen LogP contribution >= 0.6 is 11.6 Å². The summed E-state index contributed by atoms with van der Waals surface area (Å²) in [6, 6.07) is 11.0. The summed E-state index contributed by atoms with van der Waals surface area (Å²) in [4.78, 5) is 28.2. The van der Waals surface area contributed by atoms with Crippen LogP contribution < -0.4 is 10.6 Å². The number of amides is 2. The number of benzene rings is 1. The Bertz CT molecular complexity index is 719. The number of nitrogens with one attached hydrogen (secondary N) is 2. The molecule has 0 aliphatic heterocycles. The number of carbonyl (C=O) groups excluding carboxylic acids is 2. The van der Waals surface area contributed by atoms with Gasteiger partial charge in [-0.15, -0.1) is 0 Å². The molecule has 2 unspecified atom stereocenters. The van der Waals surface area contributed by atoms with Crippen molar-refractivity contribution in [2.24, 2.45) is 11.8 Å². The summed E-state index contributed by atoms with van der Waals surface area (Å²) < 4.78 is 0. The van der Waals surface area contributed by atoms with Crippen LogP contribution in [0, 0.1) is 11.8 Å². The van der Waals surface area contributed by atoms with Crippen molar-refractivity contribution in [3.05, 3.63) is 64.9 Å². The maximum absolute atomic E-state index is 12.1. The van der Waals surface area contributed by atoms with E-state index in [0.717, 1.165) is 11.1 Å². The summed E-state index contributed by atoms with van der Waals surface area (Å²) in [5, 5.41) is 6.38. The molecule has 124 valence electrons. The van der Waals surface area contributed by atoms with Crippen molar-refractivity contribution in [3.63, 3.8) is 0 Å². The van der Waals surface area contributed by atoms with Crippen molar-refractivity contribution >= 4 is 23.4 Å². The Balaban J connectivity index is 1.41. The van der Waals surface area contributed by atoms with E-state index in [0.29, 0.717) is 24.5 Å². The van der Waals surface area contributed by atoms with E-state index < -0.39 is 0 Å². The lowest BCUT2D eigenvalue weighted by molar-refractivity contribution is -0.127. The Morgan fingerprint density at radius 2 is 1.62 bits per heavy atom. The van der Waals surface area contributed by atoms with Gasteiger partial charge in [-0.3, -0.25) is 14.6 Å². The van der Waals surface area contributed by atoms with E-state index >= 15 is 0 Å². The first-order valence-corrected chi connectivity index (χ1v) is 8.20. The monoisotopic (exact) mass is 343 g/mol. The molecule has 2 N–H and O–H groups in total. The average molecular weight is 344 g/mol. The molecular formula is C18H18ClN3O2. The van der Waals surface area contributed by atoms with Gasteiger partial charge in [0, 0.05) is 30.5 Å². The number of carbonyl (C=O) groups is 2. The summed E-state index contributed by atoms with van der Waals surface area (Å²) in [5.74, 6) is -0.616. The highest BCUT2D eigenvalue weighted by atomic mass is 35.5. The molecule has 1 fully saturated rings. The van der Waals surface area contributed by atoms with Gasteiger partial charge < -0.3 is 10.6 Å². The van der Waals surface area contributed by atoms with Gasteiger partial charge in [0.05, 0.1) is 11.8 Å². The topological polar surface area (TPSA) is 71.1 Å².